The summed E-state index contributed by atoms with van der Waals surface area (Å²) in [6, 6.07) is 1.77. The molecule has 0 radical (unpaired) electrons. The molecule has 0 spiro atoms. The summed E-state index contributed by atoms with van der Waals surface area (Å²) in [4.78, 5) is 11.6. The van der Waals surface area contributed by atoms with Gasteiger partial charge in [0, 0.05) is 11.3 Å². The van der Waals surface area contributed by atoms with E-state index < -0.39 is 0 Å². The van der Waals surface area contributed by atoms with Gasteiger partial charge in [0.25, 0.3) is 5.56 Å². The van der Waals surface area contributed by atoms with Crippen molar-refractivity contribution in [2.24, 2.45) is 0 Å². The van der Waals surface area contributed by atoms with Crippen LogP contribution in [0.3, 0.4) is 0 Å². The van der Waals surface area contributed by atoms with Crippen LogP contribution in [0.4, 0.5) is 0 Å². The molecular weight excluding hydrogens is 208 g/mol. The van der Waals surface area contributed by atoms with E-state index in [2.05, 4.69) is 20.4 Å². The van der Waals surface area contributed by atoms with Crippen molar-refractivity contribution in [3.63, 3.8) is 0 Å². The van der Waals surface area contributed by atoms with Crippen LogP contribution in [0.1, 0.15) is 5.69 Å². The highest BCUT2D eigenvalue weighted by Gasteiger charge is 2.14. The number of hydrogen-bond acceptors (Lipinski definition) is 4. The fourth-order valence-electron chi connectivity index (χ4n) is 1.69. The van der Waals surface area contributed by atoms with Crippen LogP contribution in [0.15, 0.2) is 27.8 Å². The number of aromatic amines is 2. The molecule has 3 aromatic heterocycles. The molecule has 0 saturated heterocycles. The van der Waals surface area contributed by atoms with Gasteiger partial charge in [-0.25, -0.2) is 5.10 Å². The Balaban J connectivity index is 2.44. The molecule has 0 amide bonds. The van der Waals surface area contributed by atoms with Crippen molar-refractivity contribution in [2.75, 3.05) is 0 Å². The number of rotatable bonds is 1. The summed E-state index contributed by atoms with van der Waals surface area (Å²) < 4.78 is 4.98. The van der Waals surface area contributed by atoms with Crippen LogP contribution < -0.4 is 5.56 Å². The van der Waals surface area contributed by atoms with Crippen molar-refractivity contribution < 1.29 is 4.42 Å². The fourth-order valence-corrected chi connectivity index (χ4v) is 1.69. The zero-order valence-electron chi connectivity index (χ0n) is 8.44. The molecule has 6 heteroatoms. The number of hydrogen-bond donors (Lipinski definition) is 2. The number of fused-ring (bicyclic) bond motifs is 1. The minimum Gasteiger partial charge on any atom is -0.472 e. The summed E-state index contributed by atoms with van der Waals surface area (Å²) in [7, 11) is 0. The normalized spacial score (nSPS) is 11.1. The second-order valence-electron chi connectivity index (χ2n) is 3.49. The molecule has 0 aliphatic rings. The Morgan fingerprint density at radius 3 is 2.94 bits per heavy atom. The van der Waals surface area contributed by atoms with Gasteiger partial charge < -0.3 is 4.42 Å². The van der Waals surface area contributed by atoms with Crippen LogP contribution in [-0.2, 0) is 0 Å². The molecule has 3 rings (SSSR count). The lowest BCUT2D eigenvalue weighted by Gasteiger charge is -1.95. The largest absolute Gasteiger partial charge is 0.472 e. The quantitative estimate of drug-likeness (QED) is 0.640. The number of nitrogens with zero attached hydrogens (tertiary/aromatic N) is 2. The van der Waals surface area contributed by atoms with Gasteiger partial charge in [0.1, 0.15) is 11.2 Å². The lowest BCUT2D eigenvalue weighted by atomic mass is 10.2. The van der Waals surface area contributed by atoms with Gasteiger partial charge in [-0.05, 0) is 13.0 Å². The van der Waals surface area contributed by atoms with Crippen LogP contribution in [0.2, 0.25) is 0 Å². The Bertz CT molecular complexity index is 693. The van der Waals surface area contributed by atoms with Crippen molar-refractivity contribution in [2.45, 2.75) is 6.92 Å². The molecular formula is C10H8N4O2. The molecule has 80 valence electrons. The molecule has 0 aliphatic heterocycles. The fraction of sp³-hybridized carbons (Fsp3) is 0.100. The van der Waals surface area contributed by atoms with Gasteiger partial charge in [-0.1, -0.05) is 0 Å². The van der Waals surface area contributed by atoms with Gasteiger partial charge in [-0.2, -0.15) is 10.2 Å². The van der Waals surface area contributed by atoms with Gasteiger partial charge in [0.05, 0.1) is 17.9 Å². The number of nitrogens with one attached hydrogen (secondary N) is 2. The monoisotopic (exact) mass is 216 g/mol. The molecule has 0 atom stereocenters. The van der Waals surface area contributed by atoms with Crippen molar-refractivity contribution in [1.29, 1.82) is 0 Å². The van der Waals surface area contributed by atoms with Crippen molar-refractivity contribution in [3.05, 3.63) is 34.6 Å². The maximum Gasteiger partial charge on any atom is 0.275 e. The first-order chi connectivity index (χ1) is 7.77. The highest BCUT2D eigenvalue weighted by Crippen LogP contribution is 2.23. The zero-order valence-corrected chi connectivity index (χ0v) is 8.44. The van der Waals surface area contributed by atoms with Gasteiger partial charge in [-0.15, -0.1) is 0 Å². The van der Waals surface area contributed by atoms with Crippen molar-refractivity contribution >= 4 is 10.9 Å². The maximum atomic E-state index is 11.6. The first-order valence-corrected chi connectivity index (χ1v) is 4.73. The second kappa shape index (κ2) is 3.06. The predicted molar refractivity (Wildman–Crippen MR) is 56.9 cm³/mol. The smallest absolute Gasteiger partial charge is 0.275 e. The number of aromatic nitrogens is 4. The van der Waals surface area contributed by atoms with Gasteiger partial charge in [0.2, 0.25) is 0 Å². The lowest BCUT2D eigenvalue weighted by molar-refractivity contribution is 0.568. The lowest BCUT2D eigenvalue weighted by Crippen LogP contribution is -2.09. The molecule has 0 aliphatic carbocycles. The summed E-state index contributed by atoms with van der Waals surface area (Å²) in [6.45, 7) is 1.80. The summed E-state index contributed by atoms with van der Waals surface area (Å²) in [5.41, 5.74) is 2.43. The van der Waals surface area contributed by atoms with E-state index in [0.717, 1.165) is 11.3 Å². The van der Waals surface area contributed by atoms with E-state index in [0.29, 0.717) is 16.6 Å². The number of furan rings is 1. The summed E-state index contributed by atoms with van der Waals surface area (Å²) in [5, 5.41) is 13.8. The Labute approximate surface area is 89.3 Å². The molecule has 0 saturated carbocycles. The maximum absolute atomic E-state index is 11.6. The molecule has 0 unspecified atom stereocenters. The highest BCUT2D eigenvalue weighted by atomic mass is 16.3. The average Bonchev–Trinajstić information content (AvgIpc) is 2.89. The summed E-state index contributed by atoms with van der Waals surface area (Å²) >= 11 is 0. The summed E-state index contributed by atoms with van der Waals surface area (Å²) in [6.07, 6.45) is 3.11. The molecule has 0 bridgehead atoms. The molecule has 3 heterocycles. The minimum absolute atomic E-state index is 0.242. The molecule has 16 heavy (non-hydrogen) atoms. The van der Waals surface area contributed by atoms with E-state index in [4.69, 9.17) is 4.42 Å². The van der Waals surface area contributed by atoms with E-state index in [1.165, 1.54) is 0 Å². The topological polar surface area (TPSA) is 87.6 Å². The van der Waals surface area contributed by atoms with Crippen LogP contribution in [0.25, 0.3) is 22.2 Å². The van der Waals surface area contributed by atoms with E-state index in [9.17, 15) is 4.79 Å². The van der Waals surface area contributed by atoms with Crippen LogP contribution in [0.5, 0.6) is 0 Å². The Morgan fingerprint density at radius 1 is 1.31 bits per heavy atom. The third-order valence-electron chi connectivity index (χ3n) is 2.46. The molecule has 2 N–H and O–H groups in total. The first kappa shape index (κ1) is 8.90. The third-order valence-corrected chi connectivity index (χ3v) is 2.46. The highest BCUT2D eigenvalue weighted by molar-refractivity contribution is 5.91. The van der Waals surface area contributed by atoms with E-state index in [1.807, 2.05) is 0 Å². The molecule has 3 aromatic rings. The van der Waals surface area contributed by atoms with Crippen LogP contribution in [-0.4, -0.2) is 20.4 Å². The van der Waals surface area contributed by atoms with Gasteiger partial charge in [-0.3, -0.25) is 9.89 Å². The molecule has 6 nitrogen and oxygen atoms in total. The number of aryl methyl sites for hydroxylation is 1. The zero-order chi connectivity index (χ0) is 11.1. The Kier molecular flexibility index (Phi) is 1.70. The summed E-state index contributed by atoms with van der Waals surface area (Å²) in [5.74, 6) is 0. The molecule has 0 aromatic carbocycles. The van der Waals surface area contributed by atoms with Crippen molar-refractivity contribution in [3.8, 4) is 11.3 Å². The SMILES string of the molecule is Cc1[nH]nc2c(-c3ccoc3)n[nH]c(=O)c12. The number of H-pyrrole nitrogens is 2. The Morgan fingerprint density at radius 2 is 2.19 bits per heavy atom. The predicted octanol–water partition coefficient (Wildman–Crippen LogP) is 1.21. The first-order valence-electron chi connectivity index (χ1n) is 4.73. The van der Waals surface area contributed by atoms with Gasteiger partial charge in [0.15, 0.2) is 0 Å². The van der Waals surface area contributed by atoms with E-state index >= 15 is 0 Å². The second-order valence-corrected chi connectivity index (χ2v) is 3.49. The Hall–Kier alpha value is -2.37. The van der Waals surface area contributed by atoms with E-state index in [1.54, 1.807) is 25.5 Å². The third kappa shape index (κ3) is 1.10. The standard InChI is InChI=1S/C10H8N4O2/c1-5-7-9(13-11-5)8(12-14-10(7)15)6-2-3-16-4-6/h2-4H,1H3,(H,11,13)(H,14,15). The van der Waals surface area contributed by atoms with Crippen molar-refractivity contribution in [1.82, 2.24) is 20.4 Å². The van der Waals surface area contributed by atoms with Gasteiger partial charge >= 0.3 is 0 Å². The van der Waals surface area contributed by atoms with Crippen LogP contribution in [0, 0.1) is 6.92 Å². The average molecular weight is 216 g/mol. The van der Waals surface area contributed by atoms with E-state index in [-0.39, 0.29) is 5.56 Å². The van der Waals surface area contributed by atoms with Crippen LogP contribution >= 0.6 is 0 Å². The molecule has 0 fully saturated rings. The minimum atomic E-state index is -0.242.